The van der Waals surface area contributed by atoms with Crippen molar-refractivity contribution in [2.75, 3.05) is 7.05 Å². The highest BCUT2D eigenvalue weighted by atomic mass is 79.9. The predicted octanol–water partition coefficient (Wildman–Crippen LogP) is 2.16. The molecule has 0 bridgehead atoms. The first-order chi connectivity index (χ1) is 7.47. The number of carbonyl (C=O) groups excluding carboxylic acids is 1. The van der Waals surface area contributed by atoms with Gasteiger partial charge in [0.2, 0.25) is 0 Å². The van der Waals surface area contributed by atoms with Gasteiger partial charge >= 0.3 is 0 Å². The molecule has 0 spiro atoms. The SMILES string of the molecule is CC(CC#N)N(C)C(=O)c1cc(Br)cn1C. The minimum absolute atomic E-state index is 0.0732. The van der Waals surface area contributed by atoms with Crippen LogP contribution in [0, 0.1) is 11.3 Å². The zero-order valence-electron chi connectivity index (χ0n) is 9.57. The maximum absolute atomic E-state index is 12.1. The number of hydrogen-bond donors (Lipinski definition) is 0. The average molecular weight is 284 g/mol. The van der Waals surface area contributed by atoms with Gasteiger partial charge in [0, 0.05) is 30.8 Å². The van der Waals surface area contributed by atoms with E-state index in [0.717, 1.165) is 4.47 Å². The maximum Gasteiger partial charge on any atom is 0.270 e. The second-order valence-corrected chi connectivity index (χ2v) is 4.70. The van der Waals surface area contributed by atoms with Crippen molar-refractivity contribution in [2.24, 2.45) is 7.05 Å². The summed E-state index contributed by atoms with van der Waals surface area (Å²) in [6, 6.07) is 3.76. The second kappa shape index (κ2) is 5.17. The molecular formula is C11H14BrN3O. The highest BCUT2D eigenvalue weighted by Crippen LogP contribution is 2.16. The van der Waals surface area contributed by atoms with Crippen LogP contribution < -0.4 is 0 Å². The van der Waals surface area contributed by atoms with Crippen molar-refractivity contribution in [3.63, 3.8) is 0 Å². The lowest BCUT2D eigenvalue weighted by Crippen LogP contribution is -2.35. The van der Waals surface area contributed by atoms with Gasteiger partial charge in [-0.05, 0) is 28.9 Å². The fourth-order valence-electron chi connectivity index (χ4n) is 1.39. The molecule has 4 nitrogen and oxygen atoms in total. The lowest BCUT2D eigenvalue weighted by atomic mass is 10.2. The fourth-order valence-corrected chi connectivity index (χ4v) is 1.91. The zero-order valence-corrected chi connectivity index (χ0v) is 11.2. The van der Waals surface area contributed by atoms with E-state index >= 15 is 0 Å². The van der Waals surface area contributed by atoms with Crippen LogP contribution in [0.3, 0.4) is 0 Å². The number of aromatic nitrogens is 1. The van der Waals surface area contributed by atoms with Crippen LogP contribution in [0.1, 0.15) is 23.8 Å². The standard InChI is InChI=1S/C11H14BrN3O/c1-8(4-5-13)15(3)11(16)10-6-9(12)7-14(10)2/h6-8H,4H2,1-3H3. The molecule has 0 saturated carbocycles. The summed E-state index contributed by atoms with van der Waals surface area (Å²) >= 11 is 3.32. The molecule has 0 aliphatic rings. The Morgan fingerprint density at radius 1 is 1.75 bits per heavy atom. The van der Waals surface area contributed by atoms with Crippen LogP contribution in [0.25, 0.3) is 0 Å². The first kappa shape index (κ1) is 12.8. The number of halogens is 1. The van der Waals surface area contributed by atoms with Crippen molar-refractivity contribution >= 4 is 21.8 Å². The zero-order chi connectivity index (χ0) is 12.3. The maximum atomic E-state index is 12.1. The number of aryl methyl sites for hydroxylation is 1. The van der Waals surface area contributed by atoms with E-state index in [9.17, 15) is 4.79 Å². The van der Waals surface area contributed by atoms with Gasteiger partial charge in [0.25, 0.3) is 5.91 Å². The van der Waals surface area contributed by atoms with Gasteiger partial charge < -0.3 is 9.47 Å². The Morgan fingerprint density at radius 2 is 2.38 bits per heavy atom. The van der Waals surface area contributed by atoms with Crippen molar-refractivity contribution in [1.82, 2.24) is 9.47 Å². The van der Waals surface area contributed by atoms with Crippen LogP contribution in [-0.2, 0) is 7.05 Å². The third-order valence-electron chi connectivity index (χ3n) is 2.56. The molecule has 1 amide bonds. The van der Waals surface area contributed by atoms with E-state index < -0.39 is 0 Å². The van der Waals surface area contributed by atoms with Gasteiger partial charge in [-0.1, -0.05) is 0 Å². The monoisotopic (exact) mass is 283 g/mol. The molecule has 0 fully saturated rings. The first-order valence-corrected chi connectivity index (χ1v) is 5.72. The summed E-state index contributed by atoms with van der Waals surface area (Å²) in [6.07, 6.45) is 2.17. The number of nitrogens with zero attached hydrogens (tertiary/aromatic N) is 3. The molecule has 86 valence electrons. The Kier molecular flexibility index (Phi) is 4.13. The molecule has 0 aliphatic heterocycles. The molecule has 1 aromatic heterocycles. The summed E-state index contributed by atoms with van der Waals surface area (Å²) in [6.45, 7) is 1.86. The summed E-state index contributed by atoms with van der Waals surface area (Å²) in [7, 11) is 3.53. The van der Waals surface area contributed by atoms with Crippen LogP contribution in [0.4, 0.5) is 0 Å². The van der Waals surface area contributed by atoms with Gasteiger partial charge in [-0.2, -0.15) is 5.26 Å². The average Bonchev–Trinajstić information content (AvgIpc) is 2.56. The van der Waals surface area contributed by atoms with E-state index in [4.69, 9.17) is 5.26 Å². The third kappa shape index (κ3) is 2.64. The molecule has 16 heavy (non-hydrogen) atoms. The molecule has 1 heterocycles. The van der Waals surface area contributed by atoms with Gasteiger partial charge in [0.05, 0.1) is 12.5 Å². The van der Waals surface area contributed by atoms with E-state index in [0.29, 0.717) is 12.1 Å². The molecule has 1 atom stereocenters. The van der Waals surface area contributed by atoms with Crippen molar-refractivity contribution < 1.29 is 4.79 Å². The summed E-state index contributed by atoms with van der Waals surface area (Å²) in [5, 5.41) is 8.60. The number of nitriles is 1. The molecule has 1 unspecified atom stereocenters. The van der Waals surface area contributed by atoms with Crippen LogP contribution in [0.2, 0.25) is 0 Å². The molecule has 0 saturated heterocycles. The number of amides is 1. The van der Waals surface area contributed by atoms with Gasteiger partial charge in [-0.3, -0.25) is 4.79 Å². The van der Waals surface area contributed by atoms with E-state index in [1.54, 1.807) is 22.6 Å². The number of rotatable bonds is 3. The Bertz CT molecular complexity index is 433. The van der Waals surface area contributed by atoms with Crippen molar-refractivity contribution in [1.29, 1.82) is 5.26 Å². The lowest BCUT2D eigenvalue weighted by molar-refractivity contribution is 0.0736. The third-order valence-corrected chi connectivity index (χ3v) is 2.99. The highest BCUT2D eigenvalue weighted by Gasteiger charge is 2.19. The summed E-state index contributed by atoms with van der Waals surface area (Å²) in [5.74, 6) is -0.0732. The van der Waals surface area contributed by atoms with Crippen LogP contribution >= 0.6 is 15.9 Å². The molecule has 1 aromatic rings. The minimum atomic E-state index is -0.0776. The minimum Gasteiger partial charge on any atom is -0.345 e. The Hall–Kier alpha value is -1.28. The largest absolute Gasteiger partial charge is 0.345 e. The van der Waals surface area contributed by atoms with E-state index in [1.165, 1.54) is 0 Å². The van der Waals surface area contributed by atoms with Gasteiger partial charge in [0.15, 0.2) is 0 Å². The molecule has 0 N–H and O–H groups in total. The van der Waals surface area contributed by atoms with Crippen molar-refractivity contribution in [2.45, 2.75) is 19.4 Å². The Balaban J connectivity index is 2.86. The molecule has 0 aliphatic carbocycles. The normalized spacial score (nSPS) is 11.9. The van der Waals surface area contributed by atoms with E-state index in [2.05, 4.69) is 22.0 Å². The number of hydrogen-bond acceptors (Lipinski definition) is 2. The van der Waals surface area contributed by atoms with Gasteiger partial charge in [-0.25, -0.2) is 0 Å². The van der Waals surface area contributed by atoms with E-state index in [-0.39, 0.29) is 11.9 Å². The highest BCUT2D eigenvalue weighted by molar-refractivity contribution is 9.10. The lowest BCUT2D eigenvalue weighted by Gasteiger charge is -2.22. The topological polar surface area (TPSA) is 49.0 Å². The number of carbonyl (C=O) groups is 1. The van der Waals surface area contributed by atoms with Crippen molar-refractivity contribution in [3.8, 4) is 6.07 Å². The van der Waals surface area contributed by atoms with Crippen LogP contribution in [-0.4, -0.2) is 28.5 Å². The van der Waals surface area contributed by atoms with Crippen molar-refractivity contribution in [3.05, 3.63) is 22.4 Å². The second-order valence-electron chi connectivity index (χ2n) is 3.78. The molecule has 0 radical (unpaired) electrons. The fraction of sp³-hybridized carbons (Fsp3) is 0.455. The molecular weight excluding hydrogens is 270 g/mol. The van der Waals surface area contributed by atoms with Crippen LogP contribution in [0.15, 0.2) is 16.7 Å². The smallest absolute Gasteiger partial charge is 0.270 e. The van der Waals surface area contributed by atoms with Gasteiger partial charge in [0.1, 0.15) is 5.69 Å². The molecule has 1 rings (SSSR count). The molecule has 0 aromatic carbocycles. The van der Waals surface area contributed by atoms with Crippen LogP contribution in [0.5, 0.6) is 0 Å². The molecule has 5 heteroatoms. The van der Waals surface area contributed by atoms with E-state index in [1.807, 2.05) is 20.2 Å². The Morgan fingerprint density at radius 3 is 2.81 bits per heavy atom. The summed E-state index contributed by atoms with van der Waals surface area (Å²) in [5.41, 5.74) is 0.610. The predicted molar refractivity (Wildman–Crippen MR) is 64.9 cm³/mol. The summed E-state index contributed by atoms with van der Waals surface area (Å²) in [4.78, 5) is 13.7. The quantitative estimate of drug-likeness (QED) is 0.854. The van der Waals surface area contributed by atoms with Gasteiger partial charge in [-0.15, -0.1) is 0 Å². The Labute approximate surface area is 104 Å². The summed E-state index contributed by atoms with van der Waals surface area (Å²) < 4.78 is 2.64. The first-order valence-electron chi connectivity index (χ1n) is 4.93.